The SMILES string of the molecule is CC(C)Cc1nc(-c2cnc(N3CCC(CCCNc4ccc(C(=O)NCC(C)(C)O)c(F)c4)CC3)nc2)no1. The molecule has 1 aromatic carbocycles. The monoisotopic (exact) mass is 553 g/mol. The number of piperidine rings is 1. The van der Waals surface area contributed by atoms with E-state index in [1.54, 1.807) is 32.3 Å². The molecule has 0 atom stereocenters. The van der Waals surface area contributed by atoms with Crippen molar-refractivity contribution in [1.29, 1.82) is 0 Å². The first-order valence-corrected chi connectivity index (χ1v) is 14.0. The van der Waals surface area contributed by atoms with Gasteiger partial charge in [0.15, 0.2) is 0 Å². The van der Waals surface area contributed by atoms with Gasteiger partial charge in [-0.25, -0.2) is 14.4 Å². The molecule has 3 aromatic rings. The van der Waals surface area contributed by atoms with Crippen molar-refractivity contribution in [3.8, 4) is 11.4 Å². The van der Waals surface area contributed by atoms with Gasteiger partial charge in [0.1, 0.15) is 5.82 Å². The fraction of sp³-hybridized carbons (Fsp3) is 0.552. The van der Waals surface area contributed by atoms with E-state index in [9.17, 15) is 14.3 Å². The number of amides is 1. The highest BCUT2D eigenvalue weighted by molar-refractivity contribution is 5.94. The number of nitrogens with zero attached hydrogens (tertiary/aromatic N) is 5. The maximum absolute atomic E-state index is 14.5. The number of rotatable bonds is 12. The predicted molar refractivity (Wildman–Crippen MR) is 152 cm³/mol. The number of hydrogen-bond donors (Lipinski definition) is 3. The summed E-state index contributed by atoms with van der Waals surface area (Å²) in [7, 11) is 0. The Labute approximate surface area is 234 Å². The smallest absolute Gasteiger partial charge is 0.254 e. The Morgan fingerprint density at radius 2 is 1.95 bits per heavy atom. The number of halogens is 1. The summed E-state index contributed by atoms with van der Waals surface area (Å²) >= 11 is 0. The normalized spacial score (nSPS) is 14.5. The molecule has 1 amide bonds. The Morgan fingerprint density at radius 1 is 1.23 bits per heavy atom. The third kappa shape index (κ3) is 8.45. The fourth-order valence-electron chi connectivity index (χ4n) is 4.65. The maximum atomic E-state index is 14.5. The molecule has 40 heavy (non-hydrogen) atoms. The van der Waals surface area contributed by atoms with E-state index in [0.717, 1.165) is 57.3 Å². The minimum Gasteiger partial charge on any atom is -0.389 e. The van der Waals surface area contributed by atoms with Gasteiger partial charge in [-0.15, -0.1) is 0 Å². The third-order valence-corrected chi connectivity index (χ3v) is 6.86. The molecule has 0 saturated carbocycles. The van der Waals surface area contributed by atoms with Crippen molar-refractivity contribution in [1.82, 2.24) is 25.4 Å². The first kappa shape index (κ1) is 29.4. The number of anilines is 2. The lowest BCUT2D eigenvalue weighted by atomic mass is 9.92. The van der Waals surface area contributed by atoms with Gasteiger partial charge in [0.25, 0.3) is 5.91 Å². The summed E-state index contributed by atoms with van der Waals surface area (Å²) in [5.74, 6) is 1.79. The minimum absolute atomic E-state index is 0.0363. The average Bonchev–Trinajstić information content (AvgIpc) is 3.38. The number of carbonyl (C=O) groups is 1. The van der Waals surface area contributed by atoms with Crippen LogP contribution in [0.3, 0.4) is 0 Å². The minimum atomic E-state index is -1.06. The van der Waals surface area contributed by atoms with Crippen molar-refractivity contribution in [2.75, 3.05) is 36.4 Å². The summed E-state index contributed by atoms with van der Waals surface area (Å²) in [6, 6.07) is 4.51. The van der Waals surface area contributed by atoms with Gasteiger partial charge < -0.3 is 25.2 Å². The van der Waals surface area contributed by atoms with Crippen LogP contribution in [0.1, 0.15) is 69.6 Å². The van der Waals surface area contributed by atoms with Crippen molar-refractivity contribution in [2.24, 2.45) is 11.8 Å². The Kier molecular flexibility index (Phi) is 9.67. The summed E-state index contributed by atoms with van der Waals surface area (Å²) in [4.78, 5) is 27.9. The molecule has 10 nitrogen and oxygen atoms in total. The van der Waals surface area contributed by atoms with Crippen LogP contribution in [-0.2, 0) is 6.42 Å². The number of hydrogen-bond acceptors (Lipinski definition) is 9. The summed E-state index contributed by atoms with van der Waals surface area (Å²) in [5, 5.41) is 19.6. The number of nitrogens with one attached hydrogen (secondary N) is 2. The van der Waals surface area contributed by atoms with Crippen molar-refractivity contribution >= 4 is 17.5 Å². The van der Waals surface area contributed by atoms with E-state index in [0.29, 0.717) is 35.2 Å². The van der Waals surface area contributed by atoms with Crippen molar-refractivity contribution in [2.45, 2.75) is 65.4 Å². The van der Waals surface area contributed by atoms with Gasteiger partial charge in [-0.2, -0.15) is 4.98 Å². The molecule has 0 bridgehead atoms. The average molecular weight is 554 g/mol. The van der Waals surface area contributed by atoms with E-state index >= 15 is 0 Å². The van der Waals surface area contributed by atoms with E-state index in [2.05, 4.69) is 49.5 Å². The van der Waals surface area contributed by atoms with Crippen LogP contribution >= 0.6 is 0 Å². The Morgan fingerprint density at radius 3 is 2.60 bits per heavy atom. The quantitative estimate of drug-likeness (QED) is 0.278. The lowest BCUT2D eigenvalue weighted by molar-refractivity contribution is 0.0692. The topological polar surface area (TPSA) is 129 Å². The molecule has 0 spiro atoms. The molecule has 216 valence electrons. The first-order chi connectivity index (χ1) is 19.1. The summed E-state index contributed by atoms with van der Waals surface area (Å²) in [6.07, 6.45) is 8.43. The molecule has 2 aromatic heterocycles. The van der Waals surface area contributed by atoms with Crippen LogP contribution in [0.25, 0.3) is 11.4 Å². The second-order valence-corrected chi connectivity index (χ2v) is 11.6. The van der Waals surface area contributed by atoms with Gasteiger partial charge in [0.2, 0.25) is 17.7 Å². The van der Waals surface area contributed by atoms with Gasteiger partial charge in [-0.3, -0.25) is 4.79 Å². The third-order valence-electron chi connectivity index (χ3n) is 6.86. The summed E-state index contributed by atoms with van der Waals surface area (Å²) < 4.78 is 19.8. The molecule has 1 fully saturated rings. The molecule has 0 aliphatic carbocycles. The van der Waals surface area contributed by atoms with Crippen LogP contribution in [0.15, 0.2) is 35.1 Å². The van der Waals surface area contributed by atoms with Crippen LogP contribution in [0.2, 0.25) is 0 Å². The van der Waals surface area contributed by atoms with Gasteiger partial charge in [-0.05, 0) is 69.6 Å². The standard InChI is InChI=1S/C29H40FN7O3/c1-19(2)14-25-35-26(36-40-25)21-16-32-28(33-17-21)37-12-9-20(10-13-37)6-5-11-31-22-7-8-23(24(30)15-22)27(38)34-18-29(3,4)39/h7-8,15-17,19-20,31,39H,5-6,9-14,18H2,1-4H3,(H,34,38). The molecule has 1 aliphatic rings. The van der Waals surface area contributed by atoms with Crippen LogP contribution in [0, 0.1) is 17.7 Å². The molecular formula is C29H40FN7O3. The highest BCUT2D eigenvalue weighted by Gasteiger charge is 2.21. The van der Waals surface area contributed by atoms with Gasteiger partial charge in [0, 0.05) is 50.7 Å². The number of aromatic nitrogens is 4. The number of aliphatic hydroxyl groups is 1. The van der Waals surface area contributed by atoms with Gasteiger partial charge in [-0.1, -0.05) is 19.0 Å². The van der Waals surface area contributed by atoms with Crippen LogP contribution in [0.4, 0.5) is 16.0 Å². The second kappa shape index (κ2) is 13.2. The highest BCUT2D eigenvalue weighted by atomic mass is 19.1. The number of carbonyl (C=O) groups excluding carboxylic acids is 1. The molecule has 4 rings (SSSR count). The molecule has 11 heteroatoms. The van der Waals surface area contributed by atoms with Crippen molar-refractivity contribution in [3.63, 3.8) is 0 Å². The maximum Gasteiger partial charge on any atom is 0.254 e. The van der Waals surface area contributed by atoms with E-state index in [1.807, 2.05) is 0 Å². The molecule has 0 radical (unpaired) electrons. The second-order valence-electron chi connectivity index (χ2n) is 11.6. The van der Waals surface area contributed by atoms with Crippen molar-refractivity contribution < 1.29 is 18.8 Å². The highest BCUT2D eigenvalue weighted by Crippen LogP contribution is 2.25. The molecule has 0 unspecified atom stereocenters. The van der Waals surface area contributed by atoms with E-state index in [4.69, 9.17) is 4.52 Å². The zero-order valence-corrected chi connectivity index (χ0v) is 23.8. The largest absolute Gasteiger partial charge is 0.389 e. The van der Waals surface area contributed by atoms with Crippen LogP contribution in [-0.4, -0.2) is 62.9 Å². The molecular weight excluding hydrogens is 513 g/mol. The molecule has 1 saturated heterocycles. The lowest BCUT2D eigenvalue weighted by Crippen LogP contribution is -2.38. The van der Waals surface area contributed by atoms with E-state index < -0.39 is 17.3 Å². The molecule has 3 heterocycles. The molecule has 1 aliphatic heterocycles. The summed E-state index contributed by atoms with van der Waals surface area (Å²) in [5.41, 5.74) is 0.293. The Hall–Kier alpha value is -3.60. The van der Waals surface area contributed by atoms with Gasteiger partial charge in [0.05, 0.1) is 16.7 Å². The van der Waals surface area contributed by atoms with Crippen LogP contribution < -0.4 is 15.5 Å². The zero-order chi connectivity index (χ0) is 28.7. The number of benzene rings is 1. The Balaban J connectivity index is 1.17. The lowest BCUT2D eigenvalue weighted by Gasteiger charge is -2.32. The van der Waals surface area contributed by atoms with Gasteiger partial charge >= 0.3 is 0 Å². The van der Waals surface area contributed by atoms with Crippen LogP contribution in [0.5, 0.6) is 0 Å². The summed E-state index contributed by atoms with van der Waals surface area (Å²) in [6.45, 7) is 9.95. The predicted octanol–water partition coefficient (Wildman–Crippen LogP) is 4.47. The van der Waals surface area contributed by atoms with E-state index in [1.165, 1.54) is 12.1 Å². The fourth-order valence-corrected chi connectivity index (χ4v) is 4.65. The Bertz CT molecular complexity index is 1250. The first-order valence-electron chi connectivity index (χ1n) is 14.0. The zero-order valence-electron chi connectivity index (χ0n) is 23.8. The van der Waals surface area contributed by atoms with E-state index in [-0.39, 0.29) is 12.1 Å². The molecule has 3 N–H and O–H groups in total. The van der Waals surface area contributed by atoms with Crippen molar-refractivity contribution in [3.05, 3.63) is 47.9 Å².